The van der Waals surface area contributed by atoms with Crippen LogP contribution in [0.5, 0.6) is 5.75 Å². The van der Waals surface area contributed by atoms with Crippen LogP contribution in [0.1, 0.15) is 38.3 Å². The van der Waals surface area contributed by atoms with E-state index >= 15 is 0 Å². The van der Waals surface area contributed by atoms with Gasteiger partial charge in [0, 0.05) is 22.6 Å². The number of rotatable bonds is 9. The van der Waals surface area contributed by atoms with Gasteiger partial charge in [0.15, 0.2) is 6.61 Å². The van der Waals surface area contributed by atoms with Gasteiger partial charge in [0.2, 0.25) is 5.91 Å². The molecule has 0 fully saturated rings. The van der Waals surface area contributed by atoms with E-state index < -0.39 is 6.04 Å². The smallest absolute Gasteiger partial charge is 0.261 e. The number of amides is 2. The first kappa shape index (κ1) is 24.0. The van der Waals surface area contributed by atoms with Crippen LogP contribution in [-0.4, -0.2) is 35.4 Å². The van der Waals surface area contributed by atoms with Crippen molar-refractivity contribution < 1.29 is 14.3 Å². The highest BCUT2D eigenvalue weighted by atomic mass is 35.5. The summed E-state index contributed by atoms with van der Waals surface area (Å²) in [5.41, 5.74) is 1.63. The average Bonchev–Trinajstić information content (AvgIpc) is 2.71. The zero-order valence-electron chi connectivity index (χ0n) is 17.7. The number of hydrogen-bond donors (Lipinski definition) is 1. The quantitative estimate of drug-likeness (QED) is 0.583. The monoisotopic (exact) mass is 450 g/mol. The molecule has 2 aromatic rings. The molecule has 0 saturated carbocycles. The van der Waals surface area contributed by atoms with Gasteiger partial charge in [-0.25, -0.2) is 0 Å². The van der Waals surface area contributed by atoms with Crippen LogP contribution in [0, 0.1) is 6.92 Å². The molecule has 0 aliphatic carbocycles. The summed E-state index contributed by atoms with van der Waals surface area (Å²) >= 11 is 12.3. The fourth-order valence-electron chi connectivity index (χ4n) is 2.82. The molecule has 0 aromatic heterocycles. The number of para-hydroxylation sites is 1. The minimum atomic E-state index is -0.696. The molecule has 2 atom stereocenters. The molecular formula is C23H28Cl2N2O3. The summed E-state index contributed by atoms with van der Waals surface area (Å²) in [6.45, 7) is 7.51. The normalized spacial score (nSPS) is 12.7. The summed E-state index contributed by atoms with van der Waals surface area (Å²) in [7, 11) is 0. The number of benzene rings is 2. The van der Waals surface area contributed by atoms with E-state index in [-0.39, 0.29) is 31.0 Å². The number of hydrogen-bond acceptors (Lipinski definition) is 3. The van der Waals surface area contributed by atoms with Crippen molar-refractivity contribution in [3.05, 3.63) is 63.6 Å². The van der Waals surface area contributed by atoms with Crippen molar-refractivity contribution in [3.8, 4) is 5.75 Å². The van der Waals surface area contributed by atoms with E-state index in [9.17, 15) is 9.59 Å². The van der Waals surface area contributed by atoms with Gasteiger partial charge in [-0.15, -0.1) is 0 Å². The molecule has 0 aliphatic rings. The molecule has 2 rings (SSSR count). The van der Waals surface area contributed by atoms with E-state index in [0.29, 0.717) is 21.4 Å². The van der Waals surface area contributed by atoms with Crippen LogP contribution in [0.15, 0.2) is 42.5 Å². The molecule has 5 nitrogen and oxygen atoms in total. The van der Waals surface area contributed by atoms with Crippen molar-refractivity contribution >= 4 is 35.0 Å². The first-order valence-electron chi connectivity index (χ1n) is 9.95. The van der Waals surface area contributed by atoms with E-state index in [1.54, 1.807) is 25.1 Å². The highest BCUT2D eigenvalue weighted by Crippen LogP contribution is 2.23. The summed E-state index contributed by atoms with van der Waals surface area (Å²) in [5, 5.41) is 3.88. The Morgan fingerprint density at radius 3 is 2.47 bits per heavy atom. The highest BCUT2D eigenvalue weighted by Gasteiger charge is 2.27. The van der Waals surface area contributed by atoms with Gasteiger partial charge in [0.05, 0.1) is 0 Å². The first-order chi connectivity index (χ1) is 14.2. The van der Waals surface area contributed by atoms with E-state index in [1.165, 1.54) is 4.90 Å². The molecule has 7 heteroatoms. The zero-order valence-corrected chi connectivity index (χ0v) is 19.3. The second kappa shape index (κ2) is 11.2. The Morgan fingerprint density at radius 2 is 1.83 bits per heavy atom. The molecule has 0 spiro atoms. The maximum atomic E-state index is 13.1. The summed E-state index contributed by atoms with van der Waals surface area (Å²) < 4.78 is 5.72. The molecule has 162 valence electrons. The largest absolute Gasteiger partial charge is 0.484 e. The molecule has 0 unspecified atom stereocenters. The van der Waals surface area contributed by atoms with Gasteiger partial charge in [0.1, 0.15) is 11.8 Å². The number of ether oxygens (including phenoxy) is 1. The zero-order chi connectivity index (χ0) is 22.3. The third-order valence-electron chi connectivity index (χ3n) is 4.97. The molecule has 0 radical (unpaired) electrons. The van der Waals surface area contributed by atoms with Crippen LogP contribution in [0.2, 0.25) is 10.0 Å². The molecule has 1 N–H and O–H groups in total. The molecule has 2 aromatic carbocycles. The summed E-state index contributed by atoms with van der Waals surface area (Å²) in [6, 6.07) is 11.9. The Morgan fingerprint density at radius 1 is 1.13 bits per heavy atom. The topological polar surface area (TPSA) is 58.6 Å². The van der Waals surface area contributed by atoms with Crippen molar-refractivity contribution in [1.82, 2.24) is 10.2 Å². The summed E-state index contributed by atoms with van der Waals surface area (Å²) in [5.74, 6) is 0.0989. The van der Waals surface area contributed by atoms with Crippen LogP contribution < -0.4 is 10.1 Å². The summed E-state index contributed by atoms with van der Waals surface area (Å²) in [4.78, 5) is 27.3. The molecule has 0 aliphatic heterocycles. The number of nitrogens with zero attached hydrogens (tertiary/aromatic N) is 1. The van der Waals surface area contributed by atoms with E-state index in [2.05, 4.69) is 5.32 Å². The van der Waals surface area contributed by atoms with Gasteiger partial charge in [0.25, 0.3) is 5.91 Å². The fraction of sp³-hybridized carbons (Fsp3) is 0.391. The van der Waals surface area contributed by atoms with E-state index in [1.807, 2.05) is 45.0 Å². The number of nitrogens with one attached hydrogen (secondary N) is 1. The second-order valence-corrected chi connectivity index (χ2v) is 8.15. The van der Waals surface area contributed by atoms with Gasteiger partial charge < -0.3 is 15.0 Å². The maximum Gasteiger partial charge on any atom is 0.261 e. The van der Waals surface area contributed by atoms with Gasteiger partial charge >= 0.3 is 0 Å². The lowest BCUT2D eigenvalue weighted by atomic mass is 10.1. The Balaban J connectivity index is 2.21. The Labute approximate surface area is 188 Å². The van der Waals surface area contributed by atoms with Crippen LogP contribution in [0.25, 0.3) is 0 Å². The SMILES string of the molecule is CC[C@H](C)NC(=O)[C@H](C)N(Cc1ccc(Cl)cc1Cl)C(=O)COc1ccccc1C. The molecule has 2 amide bonds. The molecule has 0 bridgehead atoms. The molecule has 0 saturated heterocycles. The molecular weight excluding hydrogens is 423 g/mol. The minimum absolute atomic E-state index is 0.0132. The predicted molar refractivity (Wildman–Crippen MR) is 121 cm³/mol. The Bertz CT molecular complexity index is 889. The Kier molecular flexibility index (Phi) is 9.00. The molecule has 30 heavy (non-hydrogen) atoms. The maximum absolute atomic E-state index is 13.1. The van der Waals surface area contributed by atoms with Crippen LogP contribution in [0.4, 0.5) is 0 Å². The number of carbonyl (C=O) groups is 2. The van der Waals surface area contributed by atoms with Crippen molar-refractivity contribution in [2.45, 2.75) is 52.7 Å². The number of carbonyl (C=O) groups excluding carboxylic acids is 2. The standard InChI is InChI=1S/C23H28Cl2N2O3/c1-5-16(3)26-23(29)17(4)27(13-18-10-11-19(24)12-20(18)25)22(28)14-30-21-9-7-6-8-15(21)2/h6-12,16-17H,5,13-14H2,1-4H3,(H,26,29)/t16-,17-/m0/s1. The number of halogens is 2. The second-order valence-electron chi connectivity index (χ2n) is 7.31. The van der Waals surface area contributed by atoms with Crippen molar-refractivity contribution in [2.75, 3.05) is 6.61 Å². The van der Waals surface area contributed by atoms with Crippen molar-refractivity contribution in [2.24, 2.45) is 0 Å². The minimum Gasteiger partial charge on any atom is -0.484 e. The molecule has 0 heterocycles. The average molecular weight is 451 g/mol. The van der Waals surface area contributed by atoms with Crippen LogP contribution in [-0.2, 0) is 16.1 Å². The predicted octanol–water partition coefficient (Wildman–Crippen LogP) is 5.01. The lowest BCUT2D eigenvalue weighted by Gasteiger charge is -2.30. The van der Waals surface area contributed by atoms with Crippen molar-refractivity contribution in [1.29, 1.82) is 0 Å². The lowest BCUT2D eigenvalue weighted by molar-refractivity contribution is -0.142. The van der Waals surface area contributed by atoms with E-state index in [4.69, 9.17) is 27.9 Å². The third-order valence-corrected chi connectivity index (χ3v) is 5.56. The number of aryl methyl sites for hydroxylation is 1. The fourth-order valence-corrected chi connectivity index (χ4v) is 3.29. The van der Waals surface area contributed by atoms with Gasteiger partial charge in [-0.2, -0.15) is 0 Å². The highest BCUT2D eigenvalue weighted by molar-refractivity contribution is 6.35. The lowest BCUT2D eigenvalue weighted by Crippen LogP contribution is -2.50. The van der Waals surface area contributed by atoms with Gasteiger partial charge in [-0.3, -0.25) is 9.59 Å². The first-order valence-corrected chi connectivity index (χ1v) is 10.7. The Hall–Kier alpha value is -2.24. The van der Waals surface area contributed by atoms with Crippen molar-refractivity contribution in [3.63, 3.8) is 0 Å². The van der Waals surface area contributed by atoms with Gasteiger partial charge in [-0.1, -0.05) is 54.4 Å². The third kappa shape index (κ3) is 6.64. The van der Waals surface area contributed by atoms with E-state index in [0.717, 1.165) is 12.0 Å². The van der Waals surface area contributed by atoms with Crippen LogP contribution in [0.3, 0.4) is 0 Å². The van der Waals surface area contributed by atoms with Crippen LogP contribution >= 0.6 is 23.2 Å². The summed E-state index contributed by atoms with van der Waals surface area (Å²) in [6.07, 6.45) is 0.797. The van der Waals surface area contributed by atoms with Gasteiger partial charge in [-0.05, 0) is 56.5 Å².